The third-order valence-corrected chi connectivity index (χ3v) is 5.05. The third-order valence-electron chi connectivity index (χ3n) is 3.84. The van der Waals surface area contributed by atoms with Crippen LogP contribution in [0, 0.1) is 6.92 Å². The molecule has 3 N–H and O–H groups in total. The molecule has 1 heterocycles. The van der Waals surface area contributed by atoms with E-state index in [2.05, 4.69) is 20.9 Å². The molecule has 144 valence electrons. The molecule has 3 aromatic rings. The maximum Gasteiger partial charge on any atom is 0.319 e. The fourth-order valence-corrected chi connectivity index (χ4v) is 3.53. The van der Waals surface area contributed by atoms with Gasteiger partial charge in [0.1, 0.15) is 9.88 Å². The van der Waals surface area contributed by atoms with Gasteiger partial charge >= 0.3 is 6.03 Å². The van der Waals surface area contributed by atoms with E-state index in [-0.39, 0.29) is 18.0 Å². The van der Waals surface area contributed by atoms with Crippen molar-refractivity contribution in [2.45, 2.75) is 26.8 Å². The van der Waals surface area contributed by atoms with Crippen molar-refractivity contribution in [2.75, 3.05) is 10.6 Å². The summed E-state index contributed by atoms with van der Waals surface area (Å²) in [7, 11) is 0. The Morgan fingerprint density at radius 2 is 1.54 bits per heavy atom. The number of rotatable bonds is 5. The van der Waals surface area contributed by atoms with Crippen LogP contribution in [0.5, 0.6) is 0 Å². The largest absolute Gasteiger partial charge is 0.336 e. The number of anilines is 2. The van der Waals surface area contributed by atoms with Gasteiger partial charge in [0.05, 0.1) is 5.69 Å². The van der Waals surface area contributed by atoms with Gasteiger partial charge in [-0.15, -0.1) is 11.3 Å². The molecule has 0 saturated heterocycles. The number of hydrogen-bond donors (Lipinski definition) is 3. The molecule has 0 bridgehead atoms. The number of aromatic nitrogens is 1. The lowest BCUT2D eigenvalue weighted by atomic mass is 10.2. The minimum atomic E-state index is -0.263. The number of thiazole rings is 1. The standard InChI is InChI=1S/C21H22N4O2S/c1-13(2)22-21(27)25-17-11-9-16(10-12-17)24-19(26)18-14(3)23-20(28-18)15-7-5-4-6-8-15/h4-13H,1-3H3,(H,24,26)(H2,22,25,27). The number of hydrogen-bond acceptors (Lipinski definition) is 4. The van der Waals surface area contributed by atoms with E-state index < -0.39 is 0 Å². The third kappa shape index (κ3) is 4.95. The van der Waals surface area contributed by atoms with Crippen LogP contribution in [0.25, 0.3) is 10.6 Å². The van der Waals surface area contributed by atoms with Gasteiger partial charge in [-0.25, -0.2) is 9.78 Å². The highest BCUT2D eigenvalue weighted by Crippen LogP contribution is 2.28. The maximum absolute atomic E-state index is 12.6. The monoisotopic (exact) mass is 394 g/mol. The summed E-state index contributed by atoms with van der Waals surface area (Å²) in [6.45, 7) is 5.61. The molecular formula is C21H22N4O2S. The number of urea groups is 1. The molecule has 0 aliphatic carbocycles. The molecule has 7 heteroatoms. The van der Waals surface area contributed by atoms with E-state index in [0.717, 1.165) is 10.6 Å². The first-order valence-corrected chi connectivity index (χ1v) is 9.76. The van der Waals surface area contributed by atoms with Crippen LogP contribution in [0.2, 0.25) is 0 Å². The molecular weight excluding hydrogens is 372 g/mol. The van der Waals surface area contributed by atoms with Crippen molar-refractivity contribution in [2.24, 2.45) is 0 Å². The van der Waals surface area contributed by atoms with Gasteiger partial charge in [0.25, 0.3) is 5.91 Å². The van der Waals surface area contributed by atoms with Crippen molar-refractivity contribution in [3.8, 4) is 10.6 Å². The van der Waals surface area contributed by atoms with E-state index in [9.17, 15) is 9.59 Å². The predicted molar refractivity (Wildman–Crippen MR) is 114 cm³/mol. The first kappa shape index (κ1) is 19.6. The first-order chi connectivity index (χ1) is 13.4. The van der Waals surface area contributed by atoms with Crippen LogP contribution in [0.15, 0.2) is 54.6 Å². The van der Waals surface area contributed by atoms with Crippen molar-refractivity contribution in [3.63, 3.8) is 0 Å². The smallest absolute Gasteiger partial charge is 0.319 e. The van der Waals surface area contributed by atoms with Crippen LogP contribution in [0.1, 0.15) is 29.2 Å². The second-order valence-electron chi connectivity index (χ2n) is 6.58. The van der Waals surface area contributed by atoms with Crippen LogP contribution < -0.4 is 16.0 Å². The normalized spacial score (nSPS) is 10.6. The number of carbonyl (C=O) groups is 2. The summed E-state index contributed by atoms with van der Waals surface area (Å²) < 4.78 is 0. The van der Waals surface area contributed by atoms with Crippen molar-refractivity contribution >= 4 is 34.6 Å². The molecule has 0 aliphatic heterocycles. The highest BCUT2D eigenvalue weighted by molar-refractivity contribution is 7.17. The number of carbonyl (C=O) groups excluding carboxylic acids is 2. The van der Waals surface area contributed by atoms with Crippen LogP contribution in [-0.2, 0) is 0 Å². The minimum Gasteiger partial charge on any atom is -0.336 e. The molecule has 0 radical (unpaired) electrons. The lowest BCUT2D eigenvalue weighted by Gasteiger charge is -2.10. The highest BCUT2D eigenvalue weighted by atomic mass is 32.1. The Labute approximate surface area is 168 Å². The summed E-state index contributed by atoms with van der Waals surface area (Å²) in [5, 5.41) is 9.20. The van der Waals surface area contributed by atoms with Crippen molar-refractivity contribution in [3.05, 3.63) is 65.2 Å². The highest BCUT2D eigenvalue weighted by Gasteiger charge is 2.16. The first-order valence-electron chi connectivity index (χ1n) is 8.94. The Bertz CT molecular complexity index is 966. The van der Waals surface area contributed by atoms with E-state index >= 15 is 0 Å². The average Bonchev–Trinajstić information content (AvgIpc) is 3.05. The number of nitrogens with zero attached hydrogens (tertiary/aromatic N) is 1. The van der Waals surface area contributed by atoms with Gasteiger partial charge in [-0.05, 0) is 45.0 Å². The summed E-state index contributed by atoms with van der Waals surface area (Å²) in [6, 6.07) is 16.6. The van der Waals surface area contributed by atoms with Gasteiger partial charge in [0.15, 0.2) is 0 Å². The van der Waals surface area contributed by atoms with Crippen LogP contribution >= 0.6 is 11.3 Å². The molecule has 3 rings (SSSR count). The molecule has 2 aromatic carbocycles. The lowest BCUT2D eigenvalue weighted by molar-refractivity contribution is 0.102. The van der Waals surface area contributed by atoms with E-state index in [1.165, 1.54) is 11.3 Å². The van der Waals surface area contributed by atoms with Gasteiger partial charge in [0.2, 0.25) is 0 Å². The molecule has 1 aromatic heterocycles. The van der Waals surface area contributed by atoms with Crippen LogP contribution in [-0.4, -0.2) is 23.0 Å². The van der Waals surface area contributed by atoms with E-state index in [1.807, 2.05) is 51.1 Å². The molecule has 3 amide bonds. The second-order valence-corrected chi connectivity index (χ2v) is 7.58. The van der Waals surface area contributed by atoms with Crippen LogP contribution in [0.3, 0.4) is 0 Å². The van der Waals surface area contributed by atoms with E-state index in [1.54, 1.807) is 24.3 Å². The van der Waals surface area contributed by atoms with Gasteiger partial charge < -0.3 is 16.0 Å². The topological polar surface area (TPSA) is 83.1 Å². The molecule has 0 aliphatic rings. The van der Waals surface area contributed by atoms with Gasteiger partial charge in [-0.1, -0.05) is 30.3 Å². The van der Waals surface area contributed by atoms with Gasteiger partial charge in [-0.2, -0.15) is 0 Å². The van der Waals surface area contributed by atoms with Crippen LogP contribution in [0.4, 0.5) is 16.2 Å². The summed E-state index contributed by atoms with van der Waals surface area (Å²) in [5.41, 5.74) is 2.99. The summed E-state index contributed by atoms with van der Waals surface area (Å²) in [6.07, 6.45) is 0. The Balaban J connectivity index is 1.67. The molecule has 6 nitrogen and oxygen atoms in total. The summed E-state index contributed by atoms with van der Waals surface area (Å²) in [5.74, 6) is -0.199. The molecule has 28 heavy (non-hydrogen) atoms. The fourth-order valence-electron chi connectivity index (χ4n) is 2.57. The van der Waals surface area contributed by atoms with Crippen molar-refractivity contribution in [1.29, 1.82) is 0 Å². The quantitative estimate of drug-likeness (QED) is 0.575. The van der Waals surface area contributed by atoms with Gasteiger partial charge in [0, 0.05) is 23.0 Å². The zero-order valence-corrected chi connectivity index (χ0v) is 16.8. The Hall–Kier alpha value is -3.19. The average molecular weight is 395 g/mol. The molecule has 0 spiro atoms. The molecule has 0 unspecified atom stereocenters. The Morgan fingerprint density at radius 1 is 0.929 bits per heavy atom. The van der Waals surface area contributed by atoms with E-state index in [0.29, 0.717) is 21.9 Å². The van der Waals surface area contributed by atoms with E-state index in [4.69, 9.17) is 0 Å². The molecule has 0 fully saturated rings. The SMILES string of the molecule is Cc1nc(-c2ccccc2)sc1C(=O)Nc1ccc(NC(=O)NC(C)C)cc1. The summed E-state index contributed by atoms with van der Waals surface area (Å²) >= 11 is 1.37. The minimum absolute atomic E-state index is 0.0574. The zero-order chi connectivity index (χ0) is 20.1. The maximum atomic E-state index is 12.6. The Kier molecular flexibility index (Phi) is 6.06. The number of amides is 3. The molecule has 0 saturated carbocycles. The predicted octanol–water partition coefficient (Wildman–Crippen LogP) is 4.90. The summed E-state index contributed by atoms with van der Waals surface area (Å²) in [4.78, 5) is 29.5. The zero-order valence-electron chi connectivity index (χ0n) is 15.9. The lowest BCUT2D eigenvalue weighted by Crippen LogP contribution is -2.34. The van der Waals surface area contributed by atoms with Crippen molar-refractivity contribution < 1.29 is 9.59 Å². The Morgan fingerprint density at radius 3 is 2.14 bits per heavy atom. The second kappa shape index (κ2) is 8.67. The number of aryl methyl sites for hydroxylation is 1. The van der Waals surface area contributed by atoms with Crippen molar-refractivity contribution in [1.82, 2.24) is 10.3 Å². The fraction of sp³-hybridized carbons (Fsp3) is 0.190. The van der Waals surface area contributed by atoms with Gasteiger partial charge in [-0.3, -0.25) is 4.79 Å². The molecule has 0 atom stereocenters. The number of benzene rings is 2. The number of nitrogens with one attached hydrogen (secondary N) is 3.